The summed E-state index contributed by atoms with van der Waals surface area (Å²) in [6.07, 6.45) is 3.76. The molecule has 2 aromatic carbocycles. The number of ketones is 1. The Morgan fingerprint density at radius 3 is 2.08 bits per heavy atom. The summed E-state index contributed by atoms with van der Waals surface area (Å²) in [5.74, 6) is 0.846. The third kappa shape index (κ3) is 4.54. The molecular formula is C20H17FeNO2. The van der Waals surface area contributed by atoms with Gasteiger partial charge in [-0.25, -0.2) is 0 Å². The summed E-state index contributed by atoms with van der Waals surface area (Å²) >= 11 is 0. The molecule has 0 spiro atoms. The minimum atomic E-state index is -0.154. The molecule has 0 saturated carbocycles. The molecule has 1 aliphatic heterocycles. The van der Waals surface area contributed by atoms with Crippen LogP contribution in [-0.2, 0) is 17.1 Å². The van der Waals surface area contributed by atoms with Crippen molar-refractivity contribution in [1.82, 2.24) is 4.98 Å². The summed E-state index contributed by atoms with van der Waals surface area (Å²) < 4.78 is 5.87. The van der Waals surface area contributed by atoms with Crippen LogP contribution < -0.4 is 4.74 Å². The molecule has 1 atom stereocenters. The van der Waals surface area contributed by atoms with Crippen molar-refractivity contribution in [3.63, 3.8) is 0 Å². The number of nitrogens with zero attached hydrogens (tertiary/aromatic N) is 1. The first kappa shape index (κ1) is 17.9. The van der Waals surface area contributed by atoms with E-state index in [9.17, 15) is 4.79 Å². The fourth-order valence-electron chi connectivity index (χ4n) is 2.44. The van der Waals surface area contributed by atoms with E-state index < -0.39 is 0 Å². The van der Waals surface area contributed by atoms with Gasteiger partial charge in [0.15, 0.2) is 5.78 Å². The number of ether oxygens (including phenoxy) is 1. The zero-order valence-corrected chi connectivity index (χ0v) is 14.1. The molecule has 0 saturated heterocycles. The van der Waals surface area contributed by atoms with Crippen LogP contribution in [0.5, 0.6) is 5.75 Å². The molecule has 0 N–H and O–H groups in total. The molecule has 3 aromatic rings. The van der Waals surface area contributed by atoms with Crippen LogP contribution in [0.15, 0.2) is 85.2 Å². The van der Waals surface area contributed by atoms with Gasteiger partial charge in [0, 0.05) is 29.5 Å². The number of carbonyl (C=O) groups is 1. The Bertz CT molecular complexity index is 736. The minimum absolute atomic E-state index is 0. The monoisotopic (exact) mass is 359 g/mol. The molecule has 4 rings (SSSR count). The molecule has 2 heterocycles. The van der Waals surface area contributed by atoms with E-state index >= 15 is 0 Å². The van der Waals surface area contributed by atoms with Crippen molar-refractivity contribution < 1.29 is 26.6 Å². The van der Waals surface area contributed by atoms with Crippen molar-refractivity contribution in [2.24, 2.45) is 0 Å². The van der Waals surface area contributed by atoms with Crippen molar-refractivity contribution in [3.8, 4) is 5.75 Å². The van der Waals surface area contributed by atoms with Gasteiger partial charge < -0.3 is 4.74 Å². The number of para-hydroxylation sites is 1. The first-order valence-electron chi connectivity index (χ1n) is 7.53. The summed E-state index contributed by atoms with van der Waals surface area (Å²) in [6, 6.07) is 23.0. The largest absolute Gasteiger partial charge is 0.484 e. The zero-order valence-electron chi connectivity index (χ0n) is 13.0. The normalized spacial score (nSPS) is 15.0. The van der Waals surface area contributed by atoms with E-state index in [2.05, 4.69) is 4.98 Å². The fourth-order valence-corrected chi connectivity index (χ4v) is 2.44. The average Bonchev–Trinajstić information content (AvgIpc) is 2.64. The molecule has 0 aliphatic carbocycles. The van der Waals surface area contributed by atoms with Gasteiger partial charge in [-0.1, -0.05) is 48.5 Å². The molecular weight excluding hydrogens is 342 g/mol. The number of fused-ring (bicyclic) bond motifs is 1. The number of benzene rings is 2. The Morgan fingerprint density at radius 1 is 0.833 bits per heavy atom. The van der Waals surface area contributed by atoms with Gasteiger partial charge >= 0.3 is 0 Å². The van der Waals surface area contributed by atoms with Crippen LogP contribution in [0.4, 0.5) is 0 Å². The number of hydrogen-bond acceptors (Lipinski definition) is 3. The second-order valence-corrected chi connectivity index (χ2v) is 5.17. The third-order valence-corrected chi connectivity index (χ3v) is 3.57. The van der Waals surface area contributed by atoms with E-state index in [1.165, 1.54) is 0 Å². The van der Waals surface area contributed by atoms with Gasteiger partial charge in [-0.15, -0.1) is 0 Å². The average molecular weight is 359 g/mol. The van der Waals surface area contributed by atoms with Crippen molar-refractivity contribution in [1.29, 1.82) is 0 Å². The predicted octanol–water partition coefficient (Wildman–Crippen LogP) is 4.47. The van der Waals surface area contributed by atoms with Gasteiger partial charge in [-0.3, -0.25) is 9.78 Å². The van der Waals surface area contributed by atoms with Crippen LogP contribution >= 0.6 is 0 Å². The van der Waals surface area contributed by atoms with Crippen LogP contribution in [0.1, 0.15) is 28.4 Å². The Kier molecular flexibility index (Phi) is 6.73. The summed E-state index contributed by atoms with van der Waals surface area (Å²) in [4.78, 5) is 15.8. The van der Waals surface area contributed by atoms with Crippen molar-refractivity contribution >= 4 is 5.78 Å². The fraction of sp³-hybridized carbons (Fsp3) is 0.100. The first-order valence-corrected chi connectivity index (χ1v) is 7.53. The minimum Gasteiger partial charge on any atom is -0.484 e. The Labute approximate surface area is 152 Å². The topological polar surface area (TPSA) is 39.2 Å². The number of carbonyl (C=O) groups excluding carboxylic acids is 1. The van der Waals surface area contributed by atoms with Gasteiger partial charge in [-0.2, -0.15) is 0 Å². The standard InChI is InChI=1S/C15H12O2.C5H5N.Fe/c16-13-10-15(11-6-2-1-3-7-11)17-14-9-5-4-8-12(13)14;1-2-4-6-5-3-1;/h1-9,15H,10H2;1-5H;. The van der Waals surface area contributed by atoms with Crippen LogP contribution in [0.25, 0.3) is 0 Å². The van der Waals surface area contributed by atoms with E-state index in [1.807, 2.05) is 72.8 Å². The molecule has 24 heavy (non-hydrogen) atoms. The van der Waals surface area contributed by atoms with Crippen molar-refractivity contribution in [2.75, 3.05) is 0 Å². The van der Waals surface area contributed by atoms with Crippen LogP contribution in [0, 0.1) is 0 Å². The van der Waals surface area contributed by atoms with Crippen molar-refractivity contribution in [3.05, 3.63) is 96.3 Å². The van der Waals surface area contributed by atoms with Gasteiger partial charge in [0.1, 0.15) is 11.9 Å². The molecule has 4 heteroatoms. The first-order chi connectivity index (χ1) is 11.3. The molecule has 0 radical (unpaired) electrons. The van der Waals surface area contributed by atoms with E-state index in [0.717, 1.165) is 5.56 Å². The number of hydrogen-bond donors (Lipinski definition) is 0. The summed E-state index contributed by atoms with van der Waals surface area (Å²) in [5.41, 5.74) is 1.75. The van der Waals surface area contributed by atoms with Crippen LogP contribution in [0.2, 0.25) is 0 Å². The summed E-state index contributed by atoms with van der Waals surface area (Å²) in [7, 11) is 0. The molecule has 3 nitrogen and oxygen atoms in total. The van der Waals surface area contributed by atoms with Crippen LogP contribution in [-0.4, -0.2) is 10.8 Å². The Hall–Kier alpha value is -2.42. The number of rotatable bonds is 1. The molecule has 0 bridgehead atoms. The molecule has 0 fully saturated rings. The second-order valence-electron chi connectivity index (χ2n) is 5.17. The summed E-state index contributed by atoms with van der Waals surface area (Å²) in [6.45, 7) is 0. The third-order valence-electron chi connectivity index (χ3n) is 3.57. The SMILES string of the molecule is O=C1CC(c2ccccc2)Oc2ccccc21.[Fe].c1ccncc1. The van der Waals surface area contributed by atoms with Gasteiger partial charge in [0.05, 0.1) is 12.0 Å². The van der Waals surface area contributed by atoms with Crippen molar-refractivity contribution in [2.45, 2.75) is 12.5 Å². The maximum absolute atomic E-state index is 12.0. The molecule has 122 valence electrons. The second kappa shape index (κ2) is 9.02. The zero-order chi connectivity index (χ0) is 15.9. The molecule has 1 unspecified atom stereocenters. The number of pyridine rings is 1. The van der Waals surface area contributed by atoms with Gasteiger partial charge in [0.25, 0.3) is 0 Å². The molecule has 1 aromatic heterocycles. The van der Waals surface area contributed by atoms with E-state index in [0.29, 0.717) is 17.7 Å². The predicted molar refractivity (Wildman–Crippen MR) is 89.4 cm³/mol. The Morgan fingerprint density at radius 2 is 1.46 bits per heavy atom. The Balaban J connectivity index is 0.000000254. The van der Waals surface area contributed by atoms with Gasteiger partial charge in [0.2, 0.25) is 0 Å². The van der Waals surface area contributed by atoms with Crippen LogP contribution in [0.3, 0.4) is 0 Å². The van der Waals surface area contributed by atoms with E-state index in [1.54, 1.807) is 12.4 Å². The van der Waals surface area contributed by atoms with E-state index in [-0.39, 0.29) is 29.0 Å². The molecule has 0 amide bonds. The molecule has 1 aliphatic rings. The maximum atomic E-state index is 12.0. The quantitative estimate of drug-likeness (QED) is 0.602. The smallest absolute Gasteiger partial charge is 0.170 e. The van der Waals surface area contributed by atoms with Gasteiger partial charge in [-0.05, 0) is 29.8 Å². The number of Topliss-reactive ketones (excluding diaryl/α,β-unsaturated/α-hetero) is 1. The summed E-state index contributed by atoms with van der Waals surface area (Å²) in [5, 5.41) is 0. The van der Waals surface area contributed by atoms with E-state index in [4.69, 9.17) is 4.74 Å². The maximum Gasteiger partial charge on any atom is 0.170 e. The number of aromatic nitrogens is 1.